The molecule has 2 N–H and O–H groups in total. The van der Waals surface area contributed by atoms with E-state index in [9.17, 15) is 8.42 Å². The number of benzene rings is 1. The zero-order valence-electron chi connectivity index (χ0n) is 8.94. The summed E-state index contributed by atoms with van der Waals surface area (Å²) in [4.78, 5) is 0.150. The SMILES string of the molecule is Cc1[nH]ncc1S(=O)(=O)Nc1cccc(Br)c1. The molecule has 1 heterocycles. The van der Waals surface area contributed by atoms with E-state index in [4.69, 9.17) is 0 Å². The lowest BCUT2D eigenvalue weighted by Gasteiger charge is -2.07. The normalized spacial score (nSPS) is 11.4. The summed E-state index contributed by atoms with van der Waals surface area (Å²) in [6.07, 6.45) is 1.29. The number of aryl methyl sites for hydroxylation is 1. The second-order valence-electron chi connectivity index (χ2n) is 3.48. The highest BCUT2D eigenvalue weighted by Crippen LogP contribution is 2.20. The Morgan fingerprint density at radius 1 is 1.41 bits per heavy atom. The van der Waals surface area contributed by atoms with Crippen molar-refractivity contribution in [3.63, 3.8) is 0 Å². The van der Waals surface area contributed by atoms with Crippen molar-refractivity contribution in [2.75, 3.05) is 4.72 Å². The minimum Gasteiger partial charge on any atom is -0.281 e. The molecule has 0 saturated carbocycles. The third kappa shape index (κ3) is 2.67. The van der Waals surface area contributed by atoms with Crippen LogP contribution in [0.1, 0.15) is 5.69 Å². The summed E-state index contributed by atoms with van der Waals surface area (Å²) in [5.74, 6) is 0. The minimum absolute atomic E-state index is 0.150. The Hall–Kier alpha value is -1.34. The Labute approximate surface area is 107 Å². The van der Waals surface area contributed by atoms with Crippen molar-refractivity contribution >= 4 is 31.6 Å². The number of rotatable bonds is 3. The molecular formula is C10H10BrN3O2S. The predicted octanol–water partition coefficient (Wildman–Crippen LogP) is 2.28. The smallest absolute Gasteiger partial charge is 0.265 e. The maximum Gasteiger partial charge on any atom is 0.265 e. The summed E-state index contributed by atoms with van der Waals surface area (Å²) < 4.78 is 27.3. The Morgan fingerprint density at radius 2 is 2.18 bits per heavy atom. The maximum atomic E-state index is 12.0. The molecule has 0 fully saturated rings. The van der Waals surface area contributed by atoms with Crippen molar-refractivity contribution in [2.45, 2.75) is 11.8 Å². The molecule has 0 atom stereocenters. The molecule has 0 spiro atoms. The van der Waals surface area contributed by atoms with Crippen molar-refractivity contribution in [2.24, 2.45) is 0 Å². The first-order chi connectivity index (χ1) is 7.99. The third-order valence-corrected chi connectivity index (χ3v) is 4.14. The first-order valence-corrected chi connectivity index (χ1v) is 7.05. The Balaban J connectivity index is 2.33. The summed E-state index contributed by atoms with van der Waals surface area (Å²) in [7, 11) is -3.58. The first-order valence-electron chi connectivity index (χ1n) is 4.77. The molecule has 0 aliphatic rings. The van der Waals surface area contributed by atoms with Gasteiger partial charge in [-0.25, -0.2) is 8.42 Å². The summed E-state index contributed by atoms with van der Waals surface area (Å²) in [5.41, 5.74) is 1.01. The highest BCUT2D eigenvalue weighted by atomic mass is 79.9. The number of hydrogen-bond acceptors (Lipinski definition) is 3. The number of sulfonamides is 1. The van der Waals surface area contributed by atoms with E-state index in [1.807, 2.05) is 6.07 Å². The van der Waals surface area contributed by atoms with Gasteiger partial charge in [0.2, 0.25) is 0 Å². The number of anilines is 1. The van der Waals surface area contributed by atoms with Gasteiger partial charge in [0, 0.05) is 10.2 Å². The highest BCUT2D eigenvalue weighted by Gasteiger charge is 2.18. The molecule has 7 heteroatoms. The van der Waals surface area contributed by atoms with Crippen LogP contribution in [-0.4, -0.2) is 18.6 Å². The van der Waals surface area contributed by atoms with Gasteiger partial charge in [-0.05, 0) is 25.1 Å². The topological polar surface area (TPSA) is 74.8 Å². The first kappa shape index (κ1) is 12.1. The lowest BCUT2D eigenvalue weighted by Crippen LogP contribution is -2.13. The van der Waals surface area contributed by atoms with Crippen LogP contribution in [0.15, 0.2) is 39.8 Å². The van der Waals surface area contributed by atoms with Crippen molar-refractivity contribution < 1.29 is 8.42 Å². The molecule has 0 unspecified atom stereocenters. The zero-order chi connectivity index (χ0) is 12.5. The summed E-state index contributed by atoms with van der Waals surface area (Å²) in [6, 6.07) is 6.94. The van der Waals surface area contributed by atoms with Crippen molar-refractivity contribution in [3.8, 4) is 0 Å². The Kier molecular flexibility index (Phi) is 3.21. The van der Waals surface area contributed by atoms with Gasteiger partial charge in [0.25, 0.3) is 10.0 Å². The fourth-order valence-corrected chi connectivity index (χ4v) is 2.96. The molecule has 0 aliphatic carbocycles. The Bertz CT molecular complexity index is 637. The van der Waals surface area contributed by atoms with Crippen LogP contribution < -0.4 is 4.72 Å². The number of halogens is 1. The molecule has 5 nitrogen and oxygen atoms in total. The van der Waals surface area contributed by atoms with Crippen LogP contribution in [0, 0.1) is 6.92 Å². The minimum atomic E-state index is -3.58. The molecule has 0 saturated heterocycles. The van der Waals surface area contributed by atoms with Crippen LogP contribution in [0.2, 0.25) is 0 Å². The average Bonchev–Trinajstić information content (AvgIpc) is 2.64. The number of aromatic nitrogens is 2. The van der Waals surface area contributed by atoms with Crippen LogP contribution >= 0.6 is 15.9 Å². The number of nitrogens with zero attached hydrogens (tertiary/aromatic N) is 1. The van der Waals surface area contributed by atoms with Gasteiger partial charge in [0.15, 0.2) is 0 Å². The quantitative estimate of drug-likeness (QED) is 0.912. The summed E-state index contributed by atoms with van der Waals surface area (Å²) >= 11 is 3.28. The Morgan fingerprint density at radius 3 is 2.76 bits per heavy atom. The second-order valence-corrected chi connectivity index (χ2v) is 6.04. The molecule has 0 bridgehead atoms. The van der Waals surface area contributed by atoms with E-state index in [1.54, 1.807) is 25.1 Å². The van der Waals surface area contributed by atoms with E-state index in [2.05, 4.69) is 30.8 Å². The predicted molar refractivity (Wildman–Crippen MR) is 68.3 cm³/mol. The van der Waals surface area contributed by atoms with Gasteiger partial charge >= 0.3 is 0 Å². The van der Waals surface area contributed by atoms with Gasteiger partial charge in [-0.3, -0.25) is 9.82 Å². The molecule has 0 amide bonds. The van der Waals surface area contributed by atoms with E-state index in [-0.39, 0.29) is 4.90 Å². The lowest BCUT2D eigenvalue weighted by atomic mass is 10.3. The van der Waals surface area contributed by atoms with E-state index in [0.717, 1.165) is 4.47 Å². The van der Waals surface area contributed by atoms with Gasteiger partial charge in [-0.15, -0.1) is 0 Å². The van der Waals surface area contributed by atoms with E-state index in [0.29, 0.717) is 11.4 Å². The van der Waals surface area contributed by atoms with Gasteiger partial charge in [0.1, 0.15) is 4.90 Å². The molecule has 17 heavy (non-hydrogen) atoms. The highest BCUT2D eigenvalue weighted by molar-refractivity contribution is 9.10. The van der Waals surface area contributed by atoms with Crippen molar-refractivity contribution in [1.29, 1.82) is 0 Å². The number of hydrogen-bond donors (Lipinski definition) is 2. The number of H-pyrrole nitrogens is 1. The van der Waals surface area contributed by atoms with Gasteiger partial charge in [-0.2, -0.15) is 5.10 Å². The van der Waals surface area contributed by atoms with E-state index in [1.165, 1.54) is 6.20 Å². The van der Waals surface area contributed by atoms with Crippen LogP contribution in [0.5, 0.6) is 0 Å². The standard InChI is InChI=1S/C10H10BrN3O2S/c1-7-10(6-12-13-7)17(15,16)14-9-4-2-3-8(11)5-9/h2-6,14H,1H3,(H,12,13). The maximum absolute atomic E-state index is 12.0. The number of nitrogens with one attached hydrogen (secondary N) is 2. The summed E-state index contributed by atoms with van der Waals surface area (Å²) in [5, 5.41) is 6.29. The van der Waals surface area contributed by atoms with Crippen LogP contribution in [0.4, 0.5) is 5.69 Å². The zero-order valence-corrected chi connectivity index (χ0v) is 11.3. The molecule has 90 valence electrons. The van der Waals surface area contributed by atoms with E-state index < -0.39 is 10.0 Å². The average molecular weight is 316 g/mol. The molecule has 0 aliphatic heterocycles. The lowest BCUT2D eigenvalue weighted by molar-refractivity contribution is 0.600. The largest absolute Gasteiger partial charge is 0.281 e. The molecule has 1 aromatic carbocycles. The van der Waals surface area contributed by atoms with Gasteiger partial charge in [0.05, 0.1) is 11.9 Å². The van der Waals surface area contributed by atoms with Gasteiger partial charge in [-0.1, -0.05) is 22.0 Å². The van der Waals surface area contributed by atoms with Crippen LogP contribution in [0.3, 0.4) is 0 Å². The molecule has 2 aromatic rings. The molecule has 0 radical (unpaired) electrons. The monoisotopic (exact) mass is 315 g/mol. The molecule has 1 aromatic heterocycles. The van der Waals surface area contributed by atoms with Crippen LogP contribution in [-0.2, 0) is 10.0 Å². The molecular weight excluding hydrogens is 306 g/mol. The van der Waals surface area contributed by atoms with Crippen molar-refractivity contribution in [1.82, 2.24) is 10.2 Å². The third-order valence-electron chi connectivity index (χ3n) is 2.15. The van der Waals surface area contributed by atoms with E-state index >= 15 is 0 Å². The summed E-state index contributed by atoms with van der Waals surface area (Å²) in [6.45, 7) is 1.66. The second kappa shape index (κ2) is 4.50. The fourth-order valence-electron chi connectivity index (χ4n) is 1.37. The fraction of sp³-hybridized carbons (Fsp3) is 0.100. The molecule has 2 rings (SSSR count). The van der Waals surface area contributed by atoms with Crippen LogP contribution in [0.25, 0.3) is 0 Å². The van der Waals surface area contributed by atoms with Gasteiger partial charge < -0.3 is 0 Å². The van der Waals surface area contributed by atoms with Crippen molar-refractivity contribution in [3.05, 3.63) is 40.6 Å². The number of aromatic amines is 1.